The number of nitro benzene ring substituents is 1. The number of hydrogen-bond acceptors (Lipinski definition) is 7. The van der Waals surface area contributed by atoms with Crippen molar-refractivity contribution < 1.29 is 19.3 Å². The van der Waals surface area contributed by atoms with Crippen molar-refractivity contribution in [2.45, 2.75) is 0 Å². The minimum Gasteiger partial charge on any atom is -0.486 e. The molecule has 0 atom stereocenters. The number of aromatic nitrogens is 1. The van der Waals surface area contributed by atoms with Crippen LogP contribution in [0.5, 0.6) is 5.75 Å². The summed E-state index contributed by atoms with van der Waals surface area (Å²) >= 11 is 5.66. The summed E-state index contributed by atoms with van der Waals surface area (Å²) in [6, 6.07) is 8.13. The van der Waals surface area contributed by atoms with Crippen LogP contribution in [0.3, 0.4) is 0 Å². The number of hydrogen-bond donors (Lipinski definition) is 1. The average Bonchev–Trinajstić information content (AvgIpc) is 2.58. The number of non-ortho nitro benzene ring substituents is 1. The molecule has 10 heteroatoms. The van der Waals surface area contributed by atoms with Crippen molar-refractivity contribution >= 4 is 29.1 Å². The quantitative estimate of drug-likeness (QED) is 0.211. The fraction of sp³-hybridized carbons (Fsp3) is 0.0714. The molecule has 2 aromatic rings. The summed E-state index contributed by atoms with van der Waals surface area (Å²) in [5.74, 6) is -0.495. The van der Waals surface area contributed by atoms with Gasteiger partial charge >= 0.3 is 5.97 Å². The lowest BCUT2D eigenvalue weighted by molar-refractivity contribution is -0.384. The second kappa shape index (κ2) is 7.88. The summed E-state index contributed by atoms with van der Waals surface area (Å²) in [5.41, 5.74) is 5.67. The van der Waals surface area contributed by atoms with Gasteiger partial charge in [-0.1, -0.05) is 16.8 Å². The lowest BCUT2D eigenvalue weighted by Gasteiger charge is -2.05. The fourth-order valence-electron chi connectivity index (χ4n) is 1.53. The number of nitrogens with zero attached hydrogens (tertiary/aromatic N) is 3. The van der Waals surface area contributed by atoms with Crippen LogP contribution in [0.25, 0.3) is 0 Å². The van der Waals surface area contributed by atoms with E-state index in [2.05, 4.69) is 15.0 Å². The topological polar surface area (TPSA) is 130 Å². The van der Waals surface area contributed by atoms with Crippen molar-refractivity contribution in [1.82, 2.24) is 4.98 Å². The summed E-state index contributed by atoms with van der Waals surface area (Å²) in [6.45, 7) is -0.164. The maximum absolute atomic E-state index is 11.7. The van der Waals surface area contributed by atoms with Crippen LogP contribution in [0.4, 0.5) is 5.69 Å². The zero-order valence-corrected chi connectivity index (χ0v) is 12.8. The first kappa shape index (κ1) is 17.2. The first-order valence-corrected chi connectivity index (χ1v) is 6.86. The number of benzene rings is 1. The van der Waals surface area contributed by atoms with Gasteiger partial charge < -0.3 is 15.3 Å². The molecule has 0 aliphatic rings. The molecule has 0 aliphatic carbocycles. The minimum absolute atomic E-state index is 0.0612. The van der Waals surface area contributed by atoms with Crippen LogP contribution in [0.1, 0.15) is 10.4 Å². The number of carbonyl (C=O) groups excluding carboxylic acids is 1. The van der Waals surface area contributed by atoms with Crippen LogP contribution in [0.2, 0.25) is 5.15 Å². The highest BCUT2D eigenvalue weighted by Crippen LogP contribution is 2.17. The molecule has 0 aliphatic heterocycles. The van der Waals surface area contributed by atoms with Gasteiger partial charge in [0.15, 0.2) is 5.84 Å². The molecule has 0 bridgehead atoms. The molecule has 9 nitrogen and oxygen atoms in total. The molecule has 1 aromatic carbocycles. The number of nitrogens with two attached hydrogens (primary N) is 1. The van der Waals surface area contributed by atoms with Crippen LogP contribution >= 0.6 is 11.6 Å². The zero-order chi connectivity index (χ0) is 17.5. The molecule has 0 radical (unpaired) electrons. The molecular weight excluding hydrogens is 340 g/mol. The molecule has 0 fully saturated rings. The smallest absolute Gasteiger partial charge is 0.365 e. The van der Waals surface area contributed by atoms with E-state index in [0.29, 0.717) is 5.75 Å². The van der Waals surface area contributed by atoms with Gasteiger partial charge in [-0.05, 0) is 24.3 Å². The van der Waals surface area contributed by atoms with Crippen molar-refractivity contribution in [3.8, 4) is 5.75 Å². The standard InChI is InChI=1S/C14H11ClN4O5/c15-12-7-9(5-6-17-12)14(20)24-18-13(16)8-23-11-3-1-10(2-4-11)19(21)22/h1-7H,8H2,(H2,16,18). The van der Waals surface area contributed by atoms with Crippen molar-refractivity contribution in [3.05, 3.63) is 63.4 Å². The van der Waals surface area contributed by atoms with Crippen LogP contribution in [-0.4, -0.2) is 28.3 Å². The van der Waals surface area contributed by atoms with Crippen molar-refractivity contribution in [2.75, 3.05) is 6.61 Å². The molecule has 124 valence electrons. The van der Waals surface area contributed by atoms with Gasteiger partial charge in [-0.15, -0.1) is 0 Å². The summed E-state index contributed by atoms with van der Waals surface area (Å²) < 4.78 is 5.26. The van der Waals surface area contributed by atoms with E-state index in [1.807, 2.05) is 0 Å². The highest BCUT2D eigenvalue weighted by molar-refractivity contribution is 6.29. The Kier molecular flexibility index (Phi) is 5.63. The first-order chi connectivity index (χ1) is 11.5. The molecule has 2 N–H and O–H groups in total. The van der Waals surface area contributed by atoms with E-state index < -0.39 is 10.9 Å². The Bertz CT molecular complexity index is 779. The van der Waals surface area contributed by atoms with E-state index in [9.17, 15) is 14.9 Å². The SMILES string of the molecule is N/C(COc1ccc([N+](=O)[O-])cc1)=N/OC(=O)c1ccnc(Cl)c1. The van der Waals surface area contributed by atoms with E-state index >= 15 is 0 Å². The Morgan fingerprint density at radius 3 is 2.67 bits per heavy atom. The molecule has 1 aromatic heterocycles. The van der Waals surface area contributed by atoms with Crippen LogP contribution in [0.15, 0.2) is 47.8 Å². The molecule has 0 unspecified atom stereocenters. The van der Waals surface area contributed by atoms with Gasteiger partial charge in [-0.3, -0.25) is 10.1 Å². The van der Waals surface area contributed by atoms with Crippen LogP contribution in [-0.2, 0) is 4.84 Å². The summed E-state index contributed by atoms with van der Waals surface area (Å²) in [6.07, 6.45) is 1.35. The molecule has 0 amide bonds. The number of oxime groups is 1. The number of ether oxygens (including phenoxy) is 1. The van der Waals surface area contributed by atoms with Gasteiger partial charge in [0.05, 0.1) is 10.5 Å². The Balaban J connectivity index is 1.87. The van der Waals surface area contributed by atoms with E-state index in [4.69, 9.17) is 22.1 Å². The van der Waals surface area contributed by atoms with Crippen molar-refractivity contribution in [1.29, 1.82) is 0 Å². The maximum Gasteiger partial charge on any atom is 0.365 e. The number of rotatable bonds is 6. The molecule has 0 spiro atoms. The second-order valence-electron chi connectivity index (χ2n) is 4.37. The second-order valence-corrected chi connectivity index (χ2v) is 4.76. The van der Waals surface area contributed by atoms with Crippen LogP contribution < -0.4 is 10.5 Å². The molecule has 0 saturated carbocycles. The molecular formula is C14H11ClN4O5. The lowest BCUT2D eigenvalue weighted by Crippen LogP contribution is -2.22. The first-order valence-electron chi connectivity index (χ1n) is 6.48. The van der Waals surface area contributed by atoms with Gasteiger partial charge in [0.1, 0.15) is 17.5 Å². The van der Waals surface area contributed by atoms with E-state index in [1.54, 1.807) is 0 Å². The van der Waals surface area contributed by atoms with Gasteiger partial charge in [0.2, 0.25) is 0 Å². The number of halogens is 1. The zero-order valence-electron chi connectivity index (χ0n) is 12.1. The molecule has 24 heavy (non-hydrogen) atoms. The van der Waals surface area contributed by atoms with E-state index in [-0.39, 0.29) is 28.8 Å². The van der Waals surface area contributed by atoms with Gasteiger partial charge in [-0.25, -0.2) is 9.78 Å². The van der Waals surface area contributed by atoms with Gasteiger partial charge in [0, 0.05) is 18.3 Å². The Labute approximate surface area is 140 Å². The Morgan fingerprint density at radius 1 is 1.33 bits per heavy atom. The highest BCUT2D eigenvalue weighted by atomic mass is 35.5. The largest absolute Gasteiger partial charge is 0.486 e. The third-order valence-electron chi connectivity index (χ3n) is 2.64. The molecule has 2 rings (SSSR count). The molecule has 1 heterocycles. The fourth-order valence-corrected chi connectivity index (χ4v) is 1.70. The lowest BCUT2D eigenvalue weighted by atomic mass is 10.3. The third kappa shape index (κ3) is 4.92. The summed E-state index contributed by atoms with van der Waals surface area (Å²) in [7, 11) is 0. The number of nitro groups is 1. The van der Waals surface area contributed by atoms with E-state index in [0.717, 1.165) is 0 Å². The van der Waals surface area contributed by atoms with Crippen LogP contribution in [0, 0.1) is 10.1 Å². The third-order valence-corrected chi connectivity index (χ3v) is 2.85. The Morgan fingerprint density at radius 2 is 2.04 bits per heavy atom. The van der Waals surface area contributed by atoms with Crippen molar-refractivity contribution in [2.24, 2.45) is 10.9 Å². The number of pyridine rings is 1. The number of amidine groups is 1. The minimum atomic E-state index is -0.752. The van der Waals surface area contributed by atoms with Gasteiger partial charge in [-0.2, -0.15) is 0 Å². The monoisotopic (exact) mass is 350 g/mol. The van der Waals surface area contributed by atoms with Crippen molar-refractivity contribution in [3.63, 3.8) is 0 Å². The van der Waals surface area contributed by atoms with E-state index in [1.165, 1.54) is 42.6 Å². The highest BCUT2D eigenvalue weighted by Gasteiger charge is 2.09. The predicted octanol–water partition coefficient (Wildman–Crippen LogP) is 2.15. The predicted molar refractivity (Wildman–Crippen MR) is 84.9 cm³/mol. The summed E-state index contributed by atoms with van der Waals surface area (Å²) in [5, 5.41) is 14.1. The molecule has 0 saturated heterocycles. The average molecular weight is 351 g/mol. The summed E-state index contributed by atoms with van der Waals surface area (Å²) in [4.78, 5) is 30.1. The maximum atomic E-state index is 11.7. The number of carbonyl (C=O) groups is 1. The Hall–Kier alpha value is -3.20. The van der Waals surface area contributed by atoms with Gasteiger partial charge in [0.25, 0.3) is 5.69 Å². The normalized spacial score (nSPS) is 11.0.